The van der Waals surface area contributed by atoms with E-state index in [0.717, 1.165) is 39.4 Å². The first kappa shape index (κ1) is 12.5. The molecule has 0 aliphatic carbocycles. The van der Waals surface area contributed by atoms with Crippen LogP contribution in [0.1, 0.15) is 5.56 Å². The van der Waals surface area contributed by atoms with Crippen molar-refractivity contribution in [1.82, 2.24) is 9.55 Å². The van der Waals surface area contributed by atoms with E-state index in [4.69, 9.17) is 15.5 Å². The molecule has 0 saturated heterocycles. The second-order valence-electron chi connectivity index (χ2n) is 4.89. The fourth-order valence-electron chi connectivity index (χ4n) is 2.42. The number of rotatable bonds is 2. The highest BCUT2D eigenvalue weighted by atomic mass is 16.5. The zero-order valence-electron chi connectivity index (χ0n) is 11.8. The van der Waals surface area contributed by atoms with E-state index in [1.54, 1.807) is 7.11 Å². The summed E-state index contributed by atoms with van der Waals surface area (Å²) < 4.78 is 7.30. The average Bonchev–Trinajstić information content (AvgIpc) is 2.78. The minimum absolute atomic E-state index is 0.776. The molecule has 0 spiro atoms. The number of aryl methyl sites for hydroxylation is 2. The van der Waals surface area contributed by atoms with Gasteiger partial charge in [-0.05, 0) is 30.7 Å². The monoisotopic (exact) mass is 267 g/mol. The minimum Gasteiger partial charge on any atom is -0.497 e. The topological polar surface area (TPSA) is 53.1 Å². The van der Waals surface area contributed by atoms with E-state index in [9.17, 15) is 0 Å². The Hall–Kier alpha value is -2.49. The van der Waals surface area contributed by atoms with Crippen LogP contribution < -0.4 is 10.5 Å². The number of imidazole rings is 1. The fourth-order valence-corrected chi connectivity index (χ4v) is 2.42. The number of nitrogens with zero attached hydrogens (tertiary/aromatic N) is 2. The molecule has 2 N–H and O–H groups in total. The van der Waals surface area contributed by atoms with Crippen LogP contribution in [0.25, 0.3) is 22.4 Å². The Balaban J connectivity index is 2.26. The van der Waals surface area contributed by atoms with Crippen molar-refractivity contribution in [1.29, 1.82) is 0 Å². The van der Waals surface area contributed by atoms with Crippen LogP contribution in [0.15, 0.2) is 36.4 Å². The number of aromatic nitrogens is 2. The molecule has 0 saturated carbocycles. The molecule has 20 heavy (non-hydrogen) atoms. The summed E-state index contributed by atoms with van der Waals surface area (Å²) >= 11 is 0. The summed E-state index contributed by atoms with van der Waals surface area (Å²) in [6.07, 6.45) is 0. The van der Waals surface area contributed by atoms with Crippen molar-refractivity contribution >= 4 is 16.7 Å². The zero-order valence-corrected chi connectivity index (χ0v) is 11.8. The second-order valence-corrected chi connectivity index (χ2v) is 4.89. The number of hydrogen-bond acceptors (Lipinski definition) is 3. The van der Waals surface area contributed by atoms with Gasteiger partial charge in [0.25, 0.3) is 0 Å². The highest BCUT2D eigenvalue weighted by Gasteiger charge is 2.13. The Labute approximate surface area is 117 Å². The van der Waals surface area contributed by atoms with Crippen molar-refractivity contribution in [3.8, 4) is 17.1 Å². The number of hydrogen-bond donors (Lipinski definition) is 1. The molecule has 0 aliphatic rings. The minimum atomic E-state index is 0.776. The van der Waals surface area contributed by atoms with Gasteiger partial charge in [0.1, 0.15) is 11.6 Å². The van der Waals surface area contributed by atoms with E-state index in [0.29, 0.717) is 0 Å². The Morgan fingerprint density at radius 2 is 2.00 bits per heavy atom. The van der Waals surface area contributed by atoms with Crippen molar-refractivity contribution in [2.45, 2.75) is 6.92 Å². The quantitative estimate of drug-likeness (QED) is 0.726. The van der Waals surface area contributed by atoms with E-state index in [1.165, 1.54) is 0 Å². The van der Waals surface area contributed by atoms with Gasteiger partial charge in [0.2, 0.25) is 0 Å². The van der Waals surface area contributed by atoms with Crippen LogP contribution in [-0.2, 0) is 7.05 Å². The van der Waals surface area contributed by atoms with Gasteiger partial charge in [-0.1, -0.05) is 12.1 Å². The molecular formula is C16H17N3O. The summed E-state index contributed by atoms with van der Waals surface area (Å²) in [6.45, 7) is 2.00. The molecule has 0 radical (unpaired) electrons. The van der Waals surface area contributed by atoms with Crippen LogP contribution in [-0.4, -0.2) is 16.7 Å². The second kappa shape index (κ2) is 4.56. The SMILES string of the molecule is COc1ccc2c(c1)nc(-c1cccc(C)c1N)n2C. The summed E-state index contributed by atoms with van der Waals surface area (Å²) in [4.78, 5) is 4.70. The first-order valence-corrected chi connectivity index (χ1v) is 6.47. The Bertz CT molecular complexity index is 790. The van der Waals surface area contributed by atoms with Gasteiger partial charge < -0.3 is 15.0 Å². The lowest BCUT2D eigenvalue weighted by Gasteiger charge is -2.08. The van der Waals surface area contributed by atoms with Gasteiger partial charge in [0.05, 0.1) is 18.1 Å². The molecule has 3 aromatic rings. The molecule has 0 aliphatic heterocycles. The third kappa shape index (κ3) is 1.81. The van der Waals surface area contributed by atoms with Gasteiger partial charge in [-0.2, -0.15) is 0 Å². The first-order chi connectivity index (χ1) is 9.61. The molecule has 0 unspecified atom stereocenters. The van der Waals surface area contributed by atoms with Crippen molar-refractivity contribution in [2.24, 2.45) is 7.05 Å². The number of anilines is 1. The molecule has 102 valence electrons. The van der Waals surface area contributed by atoms with E-state index in [1.807, 2.05) is 50.4 Å². The van der Waals surface area contributed by atoms with Crippen molar-refractivity contribution in [2.75, 3.05) is 12.8 Å². The smallest absolute Gasteiger partial charge is 0.142 e. The van der Waals surface area contributed by atoms with E-state index >= 15 is 0 Å². The highest BCUT2D eigenvalue weighted by molar-refractivity contribution is 5.85. The van der Waals surface area contributed by atoms with Crippen LogP contribution in [0, 0.1) is 6.92 Å². The lowest BCUT2D eigenvalue weighted by molar-refractivity contribution is 0.415. The third-order valence-electron chi connectivity index (χ3n) is 3.65. The summed E-state index contributed by atoms with van der Waals surface area (Å²) in [5, 5.41) is 0. The van der Waals surface area contributed by atoms with Crippen LogP contribution >= 0.6 is 0 Å². The fraction of sp³-hybridized carbons (Fsp3) is 0.188. The van der Waals surface area contributed by atoms with Crippen LogP contribution in [0.3, 0.4) is 0 Å². The normalized spacial score (nSPS) is 10.9. The van der Waals surface area contributed by atoms with Crippen LogP contribution in [0.4, 0.5) is 5.69 Å². The highest BCUT2D eigenvalue weighted by Crippen LogP contribution is 2.31. The average molecular weight is 267 g/mol. The molecule has 0 amide bonds. The van der Waals surface area contributed by atoms with Gasteiger partial charge in [-0.3, -0.25) is 0 Å². The number of ether oxygens (including phenoxy) is 1. The molecule has 0 atom stereocenters. The molecule has 2 aromatic carbocycles. The van der Waals surface area contributed by atoms with Gasteiger partial charge in [0.15, 0.2) is 0 Å². The molecular weight excluding hydrogens is 250 g/mol. The van der Waals surface area contributed by atoms with Gasteiger partial charge in [-0.15, -0.1) is 0 Å². The molecule has 1 aromatic heterocycles. The van der Waals surface area contributed by atoms with Crippen molar-refractivity contribution in [3.63, 3.8) is 0 Å². The van der Waals surface area contributed by atoms with Crippen molar-refractivity contribution in [3.05, 3.63) is 42.0 Å². The summed E-state index contributed by atoms with van der Waals surface area (Å²) in [6, 6.07) is 11.9. The number of fused-ring (bicyclic) bond motifs is 1. The summed E-state index contributed by atoms with van der Waals surface area (Å²) in [7, 11) is 3.66. The van der Waals surface area contributed by atoms with E-state index in [2.05, 4.69) is 4.57 Å². The lowest BCUT2D eigenvalue weighted by Crippen LogP contribution is -1.98. The maximum atomic E-state index is 6.18. The van der Waals surface area contributed by atoms with Crippen molar-refractivity contribution < 1.29 is 4.74 Å². The Morgan fingerprint density at radius 1 is 1.20 bits per heavy atom. The van der Waals surface area contributed by atoms with Gasteiger partial charge in [0, 0.05) is 24.4 Å². The molecule has 1 heterocycles. The van der Waals surface area contributed by atoms with E-state index in [-0.39, 0.29) is 0 Å². The van der Waals surface area contributed by atoms with Gasteiger partial charge >= 0.3 is 0 Å². The lowest BCUT2D eigenvalue weighted by atomic mass is 10.1. The Kier molecular flexibility index (Phi) is 2.86. The zero-order chi connectivity index (χ0) is 14.3. The van der Waals surface area contributed by atoms with E-state index < -0.39 is 0 Å². The number of nitrogen functional groups attached to an aromatic ring is 1. The predicted octanol–water partition coefficient (Wildman–Crippen LogP) is 3.14. The van der Waals surface area contributed by atoms with Crippen LogP contribution in [0.2, 0.25) is 0 Å². The molecule has 3 rings (SSSR count). The molecule has 4 heteroatoms. The maximum Gasteiger partial charge on any atom is 0.142 e. The maximum absolute atomic E-state index is 6.18. The molecule has 0 bridgehead atoms. The predicted molar refractivity (Wildman–Crippen MR) is 81.9 cm³/mol. The molecule has 0 fully saturated rings. The largest absolute Gasteiger partial charge is 0.497 e. The number of nitrogens with two attached hydrogens (primary N) is 1. The standard InChI is InChI=1S/C16H17N3O/c1-10-5-4-6-12(15(10)17)16-18-13-9-11(20-3)7-8-14(13)19(16)2/h4-9H,17H2,1-3H3. The van der Waals surface area contributed by atoms with Gasteiger partial charge in [-0.25, -0.2) is 4.98 Å². The molecule has 4 nitrogen and oxygen atoms in total. The first-order valence-electron chi connectivity index (χ1n) is 6.47. The number of para-hydroxylation sites is 1. The summed E-state index contributed by atoms with van der Waals surface area (Å²) in [5.74, 6) is 1.67. The Morgan fingerprint density at radius 3 is 2.75 bits per heavy atom. The number of benzene rings is 2. The van der Waals surface area contributed by atoms with Crippen LogP contribution in [0.5, 0.6) is 5.75 Å². The summed E-state index contributed by atoms with van der Waals surface area (Å²) in [5.41, 5.74) is 10.9. The third-order valence-corrected chi connectivity index (χ3v) is 3.65. The number of methoxy groups -OCH3 is 1.